The molecule has 8 nitrogen and oxygen atoms in total. The summed E-state index contributed by atoms with van der Waals surface area (Å²) in [5.74, 6) is 0. The maximum atomic E-state index is 10.5. The van der Waals surface area contributed by atoms with Crippen LogP contribution in [-0.2, 0) is 33.4 Å². The van der Waals surface area contributed by atoms with E-state index in [4.69, 9.17) is 19.0 Å². The topological polar surface area (TPSA) is 72.2 Å². The molecule has 1 N–H and O–H groups in total. The van der Waals surface area contributed by atoms with Gasteiger partial charge in [-0.2, -0.15) is 0 Å². The van der Waals surface area contributed by atoms with Gasteiger partial charge in [0.2, 0.25) is 0 Å². The second-order valence-corrected chi connectivity index (χ2v) is 15.0. The van der Waals surface area contributed by atoms with Gasteiger partial charge in [-0.25, -0.2) is 0 Å². The highest BCUT2D eigenvalue weighted by molar-refractivity contribution is 6.62. The molecule has 3 aliphatic rings. The Hall–Kier alpha value is -2.43. The summed E-state index contributed by atoms with van der Waals surface area (Å²) in [6, 6.07) is 6.95. The number of benzene rings is 1. The first-order valence-corrected chi connectivity index (χ1v) is 16.4. The van der Waals surface area contributed by atoms with Crippen molar-refractivity contribution in [1.29, 1.82) is 0 Å². The number of likely N-dealkylation sites (N-methyl/N-ethyl adjacent to an activating group) is 1. The maximum absolute atomic E-state index is 10.5. The number of rotatable bonds is 8. The number of aromatic nitrogens is 2. The number of aliphatic hydroxyl groups is 1. The highest BCUT2D eigenvalue weighted by atomic mass is 16.7. The largest absolute Gasteiger partial charge is 0.494 e. The fourth-order valence-corrected chi connectivity index (χ4v) is 6.98. The Balaban J connectivity index is 1.59. The molecule has 2 saturated heterocycles. The van der Waals surface area contributed by atoms with Gasteiger partial charge in [-0.15, -0.1) is 0 Å². The van der Waals surface area contributed by atoms with Gasteiger partial charge in [0.25, 0.3) is 0 Å². The maximum Gasteiger partial charge on any atom is 0.494 e. The van der Waals surface area contributed by atoms with Crippen molar-refractivity contribution in [2.24, 2.45) is 5.41 Å². The van der Waals surface area contributed by atoms with Crippen LogP contribution in [0.25, 0.3) is 22.2 Å². The molecule has 1 aromatic carbocycles. The number of pyridine rings is 1. The zero-order valence-corrected chi connectivity index (χ0v) is 28.3. The van der Waals surface area contributed by atoms with E-state index in [0.29, 0.717) is 0 Å². The summed E-state index contributed by atoms with van der Waals surface area (Å²) >= 11 is 0. The number of anilines is 1. The Morgan fingerprint density at radius 3 is 2.36 bits per heavy atom. The SMILES string of the molecule is CO[C@@H](C)c1ncc(N2CCN(C)CC2)cc1-c1c(CC(C)(C)CO)c2cc(B3OC(C)(C)C(C)(C)O3)cc3c2n1CCC3. The molecule has 0 aliphatic carbocycles. The van der Waals surface area contributed by atoms with Gasteiger partial charge >= 0.3 is 7.12 Å². The average molecular weight is 603 g/mol. The predicted molar refractivity (Wildman–Crippen MR) is 179 cm³/mol. The molecule has 0 bridgehead atoms. The number of ether oxygens (including phenoxy) is 1. The third kappa shape index (κ3) is 5.49. The lowest BCUT2D eigenvalue weighted by atomic mass is 9.76. The normalized spacial score (nSPS) is 21.0. The molecule has 0 amide bonds. The molecular formula is C35H51BN4O4. The molecule has 238 valence electrons. The van der Waals surface area contributed by atoms with Crippen LogP contribution in [0.15, 0.2) is 24.4 Å². The molecule has 2 aromatic heterocycles. The van der Waals surface area contributed by atoms with E-state index in [1.165, 1.54) is 27.7 Å². The van der Waals surface area contributed by atoms with Crippen molar-refractivity contribution in [3.05, 3.63) is 41.2 Å². The molecule has 3 aliphatic heterocycles. The number of aryl methyl sites for hydroxylation is 2. The highest BCUT2D eigenvalue weighted by Gasteiger charge is 2.52. The molecule has 9 heteroatoms. The van der Waals surface area contributed by atoms with Gasteiger partial charge in [0.1, 0.15) is 0 Å². The van der Waals surface area contributed by atoms with Gasteiger partial charge in [0, 0.05) is 57.4 Å². The number of nitrogens with zero attached hydrogens (tertiary/aromatic N) is 4. The molecule has 0 saturated carbocycles. The standard InChI is InChI=1S/C35H51BN4O4/c1-23(42-9)30-28(19-26(21-37-30)39-15-13-38(8)14-16-39)32-29(20-33(2,3)22-41)27-18-25(17-24-11-10-12-40(32)31(24)27)36-43-34(4,5)35(6,7)44-36/h17-19,21,23,41H,10-16,20,22H2,1-9H3/t23-/m0/s1. The Morgan fingerprint density at radius 2 is 1.73 bits per heavy atom. The summed E-state index contributed by atoms with van der Waals surface area (Å²) in [4.78, 5) is 9.93. The van der Waals surface area contributed by atoms with E-state index < -0.39 is 18.3 Å². The summed E-state index contributed by atoms with van der Waals surface area (Å²) in [6.07, 6.45) is 4.66. The molecule has 0 radical (unpaired) electrons. The van der Waals surface area contributed by atoms with Crippen LogP contribution in [0.3, 0.4) is 0 Å². The minimum absolute atomic E-state index is 0.101. The highest BCUT2D eigenvalue weighted by Crippen LogP contribution is 2.44. The Labute approximate surface area is 263 Å². The summed E-state index contributed by atoms with van der Waals surface area (Å²) in [5.41, 5.74) is 8.23. The van der Waals surface area contributed by atoms with Crippen LogP contribution in [0.5, 0.6) is 0 Å². The quantitative estimate of drug-likeness (QED) is 0.365. The zero-order valence-electron chi connectivity index (χ0n) is 28.3. The first-order valence-electron chi connectivity index (χ1n) is 16.4. The monoisotopic (exact) mass is 602 g/mol. The number of hydrogen-bond donors (Lipinski definition) is 1. The van der Waals surface area contributed by atoms with Crippen LogP contribution < -0.4 is 10.4 Å². The molecule has 1 atom stereocenters. The minimum atomic E-state index is -0.431. The van der Waals surface area contributed by atoms with Crippen molar-refractivity contribution in [2.75, 3.05) is 51.8 Å². The summed E-state index contributed by atoms with van der Waals surface area (Å²) in [6.45, 7) is 19.9. The second kappa shape index (κ2) is 11.4. The smallest absolute Gasteiger partial charge is 0.399 e. The van der Waals surface area contributed by atoms with Crippen molar-refractivity contribution in [2.45, 2.75) is 91.6 Å². The van der Waals surface area contributed by atoms with Gasteiger partial charge in [0.15, 0.2) is 0 Å². The first kappa shape index (κ1) is 31.6. The Kier molecular flexibility index (Phi) is 8.19. The van der Waals surface area contributed by atoms with Crippen LogP contribution in [0.1, 0.15) is 77.8 Å². The number of methoxy groups -OCH3 is 1. The molecule has 44 heavy (non-hydrogen) atoms. The second-order valence-electron chi connectivity index (χ2n) is 15.0. The Bertz CT molecular complexity index is 1520. The summed E-state index contributed by atoms with van der Waals surface area (Å²) in [5, 5.41) is 11.7. The molecule has 2 fully saturated rings. The van der Waals surface area contributed by atoms with Crippen molar-refractivity contribution < 1.29 is 19.2 Å². The van der Waals surface area contributed by atoms with Crippen molar-refractivity contribution >= 4 is 29.2 Å². The van der Waals surface area contributed by atoms with E-state index in [9.17, 15) is 5.11 Å². The molecule has 6 rings (SSSR count). The predicted octanol–water partition coefficient (Wildman–Crippen LogP) is 4.97. The van der Waals surface area contributed by atoms with Crippen LogP contribution in [0, 0.1) is 5.41 Å². The van der Waals surface area contributed by atoms with Crippen LogP contribution in [0.2, 0.25) is 0 Å². The van der Waals surface area contributed by atoms with Gasteiger partial charge in [-0.05, 0) is 89.0 Å². The first-order chi connectivity index (χ1) is 20.7. The van der Waals surface area contributed by atoms with E-state index >= 15 is 0 Å². The summed E-state index contributed by atoms with van der Waals surface area (Å²) < 4.78 is 21.5. The van der Waals surface area contributed by atoms with Crippen LogP contribution in [0.4, 0.5) is 5.69 Å². The van der Waals surface area contributed by atoms with Crippen molar-refractivity contribution in [3.8, 4) is 11.3 Å². The van der Waals surface area contributed by atoms with E-state index in [1.54, 1.807) is 7.11 Å². The molecule has 0 spiro atoms. The fraction of sp³-hybridized carbons (Fsp3) is 0.629. The Morgan fingerprint density at radius 1 is 1.05 bits per heavy atom. The third-order valence-corrected chi connectivity index (χ3v) is 10.6. The number of hydrogen-bond acceptors (Lipinski definition) is 7. The lowest BCUT2D eigenvalue weighted by Gasteiger charge is -2.34. The third-order valence-electron chi connectivity index (χ3n) is 10.6. The van der Waals surface area contributed by atoms with Crippen LogP contribution in [-0.4, -0.2) is 84.8 Å². The molecule has 0 unspecified atom stereocenters. The van der Waals surface area contributed by atoms with E-state index in [-0.39, 0.29) is 18.1 Å². The van der Waals surface area contributed by atoms with E-state index in [0.717, 1.165) is 74.4 Å². The van der Waals surface area contributed by atoms with Gasteiger partial charge in [0.05, 0.1) is 46.1 Å². The van der Waals surface area contributed by atoms with Crippen molar-refractivity contribution in [1.82, 2.24) is 14.5 Å². The fourth-order valence-electron chi connectivity index (χ4n) is 6.98. The number of aliphatic hydroxyl groups excluding tert-OH is 1. The molecular weight excluding hydrogens is 551 g/mol. The van der Waals surface area contributed by atoms with Crippen molar-refractivity contribution in [3.63, 3.8) is 0 Å². The van der Waals surface area contributed by atoms with E-state index in [1.807, 2.05) is 6.20 Å². The average Bonchev–Trinajstić information content (AvgIpc) is 3.41. The lowest BCUT2D eigenvalue weighted by Crippen LogP contribution is -2.44. The van der Waals surface area contributed by atoms with Gasteiger partial charge in [-0.1, -0.05) is 26.0 Å². The van der Waals surface area contributed by atoms with Gasteiger partial charge in [-0.3, -0.25) is 4.98 Å². The summed E-state index contributed by atoms with van der Waals surface area (Å²) in [7, 11) is 3.51. The van der Waals surface area contributed by atoms with E-state index in [2.05, 4.69) is 88.1 Å². The van der Waals surface area contributed by atoms with Crippen LogP contribution >= 0.6 is 0 Å². The zero-order chi connectivity index (χ0) is 31.6. The molecule has 3 aromatic rings. The lowest BCUT2D eigenvalue weighted by molar-refractivity contribution is 0.00578. The molecule has 5 heterocycles. The van der Waals surface area contributed by atoms with Gasteiger partial charge < -0.3 is 33.5 Å². The minimum Gasteiger partial charge on any atom is -0.399 e. The number of piperazine rings is 1.